The van der Waals surface area contributed by atoms with Gasteiger partial charge in [0.2, 0.25) is 5.28 Å². The second-order valence-corrected chi connectivity index (χ2v) is 5.67. The number of rotatable bonds is 2. The SMILES string of the molecule is Cc1ccc2c(nc(Cl)n2C(C)C)c1-c1ccccc1. The molecule has 3 aromatic rings. The summed E-state index contributed by atoms with van der Waals surface area (Å²) < 4.78 is 2.07. The molecule has 0 unspecified atom stereocenters. The zero-order valence-corrected chi connectivity index (χ0v) is 12.6. The van der Waals surface area contributed by atoms with E-state index in [4.69, 9.17) is 11.6 Å². The number of benzene rings is 2. The van der Waals surface area contributed by atoms with Crippen molar-refractivity contribution in [3.63, 3.8) is 0 Å². The number of hydrogen-bond acceptors (Lipinski definition) is 1. The second-order valence-electron chi connectivity index (χ2n) is 5.34. The lowest BCUT2D eigenvalue weighted by molar-refractivity contribution is 0.618. The van der Waals surface area contributed by atoms with E-state index in [9.17, 15) is 0 Å². The highest BCUT2D eigenvalue weighted by atomic mass is 35.5. The third kappa shape index (κ3) is 2.01. The fraction of sp³-hybridized carbons (Fsp3) is 0.235. The summed E-state index contributed by atoms with van der Waals surface area (Å²) in [4.78, 5) is 4.60. The van der Waals surface area contributed by atoms with Crippen molar-refractivity contribution in [1.82, 2.24) is 9.55 Å². The zero-order chi connectivity index (χ0) is 14.3. The van der Waals surface area contributed by atoms with Gasteiger partial charge in [-0.1, -0.05) is 36.4 Å². The Hall–Kier alpha value is -1.80. The highest BCUT2D eigenvalue weighted by Gasteiger charge is 2.16. The summed E-state index contributed by atoms with van der Waals surface area (Å²) in [5.74, 6) is 0. The van der Waals surface area contributed by atoms with Gasteiger partial charge in [0.25, 0.3) is 0 Å². The van der Waals surface area contributed by atoms with E-state index >= 15 is 0 Å². The van der Waals surface area contributed by atoms with Gasteiger partial charge in [-0.3, -0.25) is 0 Å². The molecule has 0 atom stereocenters. The molecule has 1 aromatic heterocycles. The lowest BCUT2D eigenvalue weighted by Gasteiger charge is -2.11. The first-order valence-corrected chi connectivity index (χ1v) is 7.20. The largest absolute Gasteiger partial charge is 0.312 e. The molecule has 0 aliphatic heterocycles. The van der Waals surface area contributed by atoms with Crippen LogP contribution in [-0.2, 0) is 0 Å². The zero-order valence-electron chi connectivity index (χ0n) is 11.9. The average Bonchev–Trinajstić information content (AvgIpc) is 2.75. The minimum absolute atomic E-state index is 0.291. The van der Waals surface area contributed by atoms with E-state index in [1.807, 2.05) is 6.07 Å². The van der Waals surface area contributed by atoms with E-state index in [0.29, 0.717) is 11.3 Å². The van der Waals surface area contributed by atoms with Gasteiger partial charge in [-0.2, -0.15) is 0 Å². The first-order valence-electron chi connectivity index (χ1n) is 6.82. The van der Waals surface area contributed by atoms with Crippen molar-refractivity contribution in [1.29, 1.82) is 0 Å². The van der Waals surface area contributed by atoms with Crippen LogP contribution in [-0.4, -0.2) is 9.55 Å². The van der Waals surface area contributed by atoms with Crippen LogP contribution in [0.25, 0.3) is 22.2 Å². The van der Waals surface area contributed by atoms with Gasteiger partial charge >= 0.3 is 0 Å². The Morgan fingerprint density at radius 3 is 2.40 bits per heavy atom. The summed E-state index contributed by atoms with van der Waals surface area (Å²) in [6.45, 7) is 6.36. The van der Waals surface area contributed by atoms with Crippen LogP contribution in [0, 0.1) is 6.92 Å². The maximum Gasteiger partial charge on any atom is 0.204 e. The molecule has 0 saturated carbocycles. The number of fused-ring (bicyclic) bond motifs is 1. The fourth-order valence-electron chi connectivity index (χ4n) is 2.69. The van der Waals surface area contributed by atoms with E-state index < -0.39 is 0 Å². The number of hydrogen-bond donors (Lipinski definition) is 0. The van der Waals surface area contributed by atoms with Crippen LogP contribution in [0.5, 0.6) is 0 Å². The van der Waals surface area contributed by atoms with Crippen LogP contribution in [0.4, 0.5) is 0 Å². The van der Waals surface area contributed by atoms with Crippen molar-refractivity contribution in [2.75, 3.05) is 0 Å². The first kappa shape index (κ1) is 13.2. The Bertz CT molecular complexity index is 758. The molecule has 0 amide bonds. The second kappa shape index (κ2) is 4.95. The molecule has 3 heteroatoms. The van der Waals surface area contributed by atoms with Gasteiger partial charge in [0.15, 0.2) is 0 Å². The Morgan fingerprint density at radius 2 is 1.75 bits per heavy atom. The molecule has 0 spiro atoms. The summed E-state index contributed by atoms with van der Waals surface area (Å²) in [6.07, 6.45) is 0. The smallest absolute Gasteiger partial charge is 0.204 e. The van der Waals surface area contributed by atoms with Gasteiger partial charge in [-0.15, -0.1) is 0 Å². The molecule has 0 aliphatic carbocycles. The van der Waals surface area contributed by atoms with Gasteiger partial charge < -0.3 is 4.57 Å². The molecule has 102 valence electrons. The molecule has 0 N–H and O–H groups in total. The molecule has 0 radical (unpaired) electrons. The topological polar surface area (TPSA) is 17.8 Å². The van der Waals surface area contributed by atoms with E-state index in [-0.39, 0.29) is 0 Å². The van der Waals surface area contributed by atoms with Crippen molar-refractivity contribution in [2.45, 2.75) is 26.8 Å². The van der Waals surface area contributed by atoms with Gasteiger partial charge in [-0.05, 0) is 49.6 Å². The van der Waals surface area contributed by atoms with Gasteiger partial charge in [0, 0.05) is 11.6 Å². The highest BCUT2D eigenvalue weighted by molar-refractivity contribution is 6.29. The predicted molar refractivity (Wildman–Crippen MR) is 85.3 cm³/mol. The first-order chi connectivity index (χ1) is 9.59. The summed E-state index contributed by atoms with van der Waals surface area (Å²) in [5.41, 5.74) is 5.64. The molecule has 20 heavy (non-hydrogen) atoms. The Morgan fingerprint density at radius 1 is 1.05 bits per heavy atom. The van der Waals surface area contributed by atoms with Gasteiger partial charge in [0.1, 0.15) is 0 Å². The van der Waals surface area contributed by atoms with E-state index in [1.165, 1.54) is 16.7 Å². The van der Waals surface area contributed by atoms with E-state index in [2.05, 4.69) is 66.7 Å². The molecule has 3 rings (SSSR count). The van der Waals surface area contributed by atoms with Crippen molar-refractivity contribution in [3.05, 3.63) is 53.3 Å². The number of nitrogens with zero attached hydrogens (tertiary/aromatic N) is 2. The van der Waals surface area contributed by atoms with Crippen molar-refractivity contribution >= 4 is 22.6 Å². The molecule has 0 fully saturated rings. The third-order valence-corrected chi connectivity index (χ3v) is 3.87. The molecular formula is C17H17ClN2. The Balaban J connectivity index is 2.38. The lowest BCUT2D eigenvalue weighted by Crippen LogP contribution is -2.00. The lowest BCUT2D eigenvalue weighted by atomic mass is 9.99. The normalized spacial score (nSPS) is 11.4. The fourth-order valence-corrected chi connectivity index (χ4v) is 3.07. The van der Waals surface area contributed by atoms with Crippen molar-refractivity contribution in [3.8, 4) is 11.1 Å². The summed E-state index contributed by atoms with van der Waals surface area (Å²) in [7, 11) is 0. The molecule has 0 bridgehead atoms. The average molecular weight is 285 g/mol. The van der Waals surface area contributed by atoms with Crippen LogP contribution < -0.4 is 0 Å². The number of aromatic nitrogens is 2. The van der Waals surface area contributed by atoms with E-state index in [0.717, 1.165) is 11.0 Å². The maximum absolute atomic E-state index is 6.33. The van der Waals surface area contributed by atoms with Crippen molar-refractivity contribution in [2.24, 2.45) is 0 Å². The maximum atomic E-state index is 6.33. The third-order valence-electron chi connectivity index (χ3n) is 3.61. The highest BCUT2D eigenvalue weighted by Crippen LogP contribution is 2.34. The minimum atomic E-state index is 0.291. The molecule has 0 saturated heterocycles. The molecule has 1 heterocycles. The Labute approximate surface area is 124 Å². The summed E-state index contributed by atoms with van der Waals surface area (Å²) >= 11 is 6.33. The standard InChI is InChI=1S/C17H17ClN2/c1-11(2)20-14-10-9-12(3)15(16(14)19-17(20)18)13-7-5-4-6-8-13/h4-11H,1-3H3. The van der Waals surface area contributed by atoms with Crippen LogP contribution in [0.3, 0.4) is 0 Å². The van der Waals surface area contributed by atoms with Gasteiger partial charge in [0.05, 0.1) is 11.0 Å². The van der Waals surface area contributed by atoms with Crippen LogP contribution >= 0.6 is 11.6 Å². The van der Waals surface area contributed by atoms with E-state index in [1.54, 1.807) is 0 Å². The molecular weight excluding hydrogens is 268 g/mol. The minimum Gasteiger partial charge on any atom is -0.312 e. The summed E-state index contributed by atoms with van der Waals surface area (Å²) in [5, 5.41) is 0.554. The number of halogens is 1. The molecule has 2 nitrogen and oxygen atoms in total. The van der Waals surface area contributed by atoms with Crippen molar-refractivity contribution < 1.29 is 0 Å². The summed E-state index contributed by atoms with van der Waals surface area (Å²) in [6, 6.07) is 14.9. The van der Waals surface area contributed by atoms with Crippen LogP contribution in [0.2, 0.25) is 5.28 Å². The Kier molecular flexibility index (Phi) is 3.27. The van der Waals surface area contributed by atoms with Gasteiger partial charge in [-0.25, -0.2) is 4.98 Å². The molecule has 0 aliphatic rings. The number of aryl methyl sites for hydroxylation is 1. The predicted octanol–water partition coefficient (Wildman–Crippen LogP) is 5.25. The molecule has 2 aromatic carbocycles. The number of imidazole rings is 1. The van der Waals surface area contributed by atoms with Crippen LogP contribution in [0.1, 0.15) is 25.5 Å². The van der Waals surface area contributed by atoms with Crippen LogP contribution in [0.15, 0.2) is 42.5 Å². The monoisotopic (exact) mass is 284 g/mol. The quantitative estimate of drug-likeness (QED) is 0.629.